The van der Waals surface area contributed by atoms with Gasteiger partial charge < -0.3 is 4.90 Å². The first-order valence-corrected chi connectivity index (χ1v) is 12.8. The maximum atomic E-state index is 4.41. The molecule has 0 radical (unpaired) electrons. The molecule has 164 valence electrons. The summed E-state index contributed by atoms with van der Waals surface area (Å²) in [6.45, 7) is 6.68. The highest BCUT2D eigenvalue weighted by Gasteiger charge is 2.14. The van der Waals surface area contributed by atoms with Crippen molar-refractivity contribution in [1.82, 2.24) is 4.90 Å². The Hall–Kier alpha value is -0.790. The second kappa shape index (κ2) is 19.5. The molecule has 0 fully saturated rings. The molecule has 0 aromatic carbocycles. The average molecular weight is 391 g/mol. The van der Waals surface area contributed by atoms with Gasteiger partial charge in [0.1, 0.15) is 0 Å². The predicted molar refractivity (Wildman–Crippen MR) is 127 cm³/mol. The first-order valence-electron chi connectivity index (χ1n) is 12.8. The molecular weight excluding hydrogens is 340 g/mol. The van der Waals surface area contributed by atoms with E-state index in [9.17, 15) is 0 Å². The molecule has 1 aliphatic heterocycles. The van der Waals surface area contributed by atoms with E-state index in [2.05, 4.69) is 42.2 Å². The lowest BCUT2D eigenvalue weighted by molar-refractivity contribution is 0.367. The van der Waals surface area contributed by atoms with Crippen LogP contribution in [0.4, 0.5) is 0 Å². The Balaban J connectivity index is 1.98. The van der Waals surface area contributed by atoms with Gasteiger partial charge in [-0.15, -0.1) is 0 Å². The molecule has 28 heavy (non-hydrogen) atoms. The lowest BCUT2D eigenvalue weighted by Crippen LogP contribution is -2.31. The zero-order valence-electron chi connectivity index (χ0n) is 19.3. The van der Waals surface area contributed by atoms with Crippen LogP contribution in [0.1, 0.15) is 129 Å². The third-order valence-corrected chi connectivity index (χ3v) is 6.08. The maximum absolute atomic E-state index is 4.41. The van der Waals surface area contributed by atoms with Crippen LogP contribution in [0.25, 0.3) is 0 Å². The molecule has 0 aliphatic carbocycles. The van der Waals surface area contributed by atoms with Gasteiger partial charge in [0, 0.05) is 12.6 Å². The van der Waals surface area contributed by atoms with Crippen LogP contribution in [-0.2, 0) is 0 Å². The van der Waals surface area contributed by atoms with Crippen molar-refractivity contribution in [3.05, 3.63) is 12.2 Å². The van der Waals surface area contributed by atoms with Crippen molar-refractivity contribution in [3.8, 4) is 0 Å². The highest BCUT2D eigenvalue weighted by atomic mass is 15.2. The topological polar surface area (TPSA) is 15.6 Å². The van der Waals surface area contributed by atoms with E-state index >= 15 is 0 Å². The molecule has 2 nitrogen and oxygen atoms in total. The van der Waals surface area contributed by atoms with Crippen LogP contribution in [0.5, 0.6) is 0 Å². The summed E-state index contributed by atoms with van der Waals surface area (Å²) in [6, 6.07) is 0.584. The van der Waals surface area contributed by atoms with Crippen molar-refractivity contribution < 1.29 is 0 Å². The monoisotopic (exact) mass is 390 g/mol. The number of unbranched alkanes of at least 4 members (excludes halogenated alkanes) is 15. The predicted octanol–water partition coefficient (Wildman–Crippen LogP) is 8.32. The van der Waals surface area contributed by atoms with E-state index in [-0.39, 0.29) is 0 Å². The van der Waals surface area contributed by atoms with Gasteiger partial charge in [0.05, 0.1) is 12.9 Å². The summed E-state index contributed by atoms with van der Waals surface area (Å²) in [5.74, 6) is 0. The molecule has 0 spiro atoms. The van der Waals surface area contributed by atoms with Crippen LogP contribution < -0.4 is 0 Å². The fourth-order valence-electron chi connectivity index (χ4n) is 4.15. The molecule has 0 aromatic rings. The lowest BCUT2D eigenvalue weighted by Gasteiger charge is -2.24. The summed E-state index contributed by atoms with van der Waals surface area (Å²) in [7, 11) is 0. The van der Waals surface area contributed by atoms with Gasteiger partial charge in [0.2, 0.25) is 0 Å². The molecule has 1 aliphatic rings. The van der Waals surface area contributed by atoms with Crippen LogP contribution in [0.2, 0.25) is 0 Å². The molecule has 1 unspecified atom stereocenters. The van der Waals surface area contributed by atoms with E-state index in [0.717, 1.165) is 13.1 Å². The molecule has 0 saturated carbocycles. The molecule has 0 amide bonds. The van der Waals surface area contributed by atoms with Crippen molar-refractivity contribution in [2.75, 3.05) is 13.1 Å². The lowest BCUT2D eigenvalue weighted by atomic mass is 10.0. The van der Waals surface area contributed by atoms with E-state index in [4.69, 9.17) is 0 Å². The van der Waals surface area contributed by atoms with Crippen molar-refractivity contribution >= 4 is 6.34 Å². The Labute approximate surface area is 177 Å². The Kier molecular flexibility index (Phi) is 17.6. The summed E-state index contributed by atoms with van der Waals surface area (Å²) in [5, 5.41) is 0. The average Bonchev–Trinajstić information content (AvgIpc) is 3.24. The minimum Gasteiger partial charge on any atom is -0.355 e. The summed E-state index contributed by atoms with van der Waals surface area (Å²) >= 11 is 0. The molecule has 0 N–H and O–H groups in total. The van der Waals surface area contributed by atoms with Crippen LogP contribution in [0.15, 0.2) is 17.1 Å². The van der Waals surface area contributed by atoms with Gasteiger partial charge in [-0.3, -0.25) is 4.99 Å². The van der Waals surface area contributed by atoms with E-state index in [0.29, 0.717) is 6.04 Å². The van der Waals surface area contributed by atoms with E-state index < -0.39 is 0 Å². The molecule has 0 bridgehead atoms. The standard InChI is InChI=1S/C26H50N2/c1-3-5-7-9-10-11-12-13-14-15-16-17-18-20-22-26(21-19-8-6-4-2)28-24-23-27-25-28/h20,22,25-26H,3-19,21,23-24H2,1-2H3. The number of aliphatic imine (C=N–C) groups is 1. The number of nitrogens with zero attached hydrogens (tertiary/aromatic N) is 2. The van der Waals surface area contributed by atoms with Crippen LogP contribution >= 0.6 is 0 Å². The third-order valence-electron chi connectivity index (χ3n) is 6.08. The fraction of sp³-hybridized carbons (Fsp3) is 0.885. The largest absolute Gasteiger partial charge is 0.355 e. The zero-order chi connectivity index (χ0) is 20.1. The molecule has 1 heterocycles. The Morgan fingerprint density at radius 3 is 1.82 bits per heavy atom. The van der Waals surface area contributed by atoms with Crippen LogP contribution in [-0.4, -0.2) is 30.4 Å². The fourth-order valence-corrected chi connectivity index (χ4v) is 4.15. The smallest absolute Gasteiger partial charge is 0.0856 e. The summed E-state index contributed by atoms with van der Waals surface area (Å²) in [6.07, 6.45) is 32.2. The van der Waals surface area contributed by atoms with Gasteiger partial charge in [-0.25, -0.2) is 0 Å². The van der Waals surface area contributed by atoms with E-state index in [1.54, 1.807) is 0 Å². The number of hydrogen-bond acceptors (Lipinski definition) is 2. The van der Waals surface area contributed by atoms with E-state index in [1.165, 1.54) is 116 Å². The quantitative estimate of drug-likeness (QED) is 0.151. The summed E-state index contributed by atoms with van der Waals surface area (Å²) < 4.78 is 0. The molecule has 1 atom stereocenters. The van der Waals surface area contributed by atoms with Gasteiger partial charge in [-0.05, 0) is 19.3 Å². The van der Waals surface area contributed by atoms with Gasteiger partial charge >= 0.3 is 0 Å². The Bertz CT molecular complexity index is 375. The Morgan fingerprint density at radius 2 is 1.29 bits per heavy atom. The Morgan fingerprint density at radius 1 is 0.750 bits per heavy atom. The third kappa shape index (κ3) is 14.2. The number of allylic oxidation sites excluding steroid dienone is 1. The first kappa shape index (κ1) is 25.2. The van der Waals surface area contributed by atoms with Crippen molar-refractivity contribution in [3.63, 3.8) is 0 Å². The number of hydrogen-bond donors (Lipinski definition) is 0. The molecular formula is C26H50N2. The highest BCUT2D eigenvalue weighted by molar-refractivity contribution is 5.58. The van der Waals surface area contributed by atoms with Crippen LogP contribution in [0.3, 0.4) is 0 Å². The first-order chi connectivity index (χ1) is 13.9. The zero-order valence-corrected chi connectivity index (χ0v) is 19.3. The van der Waals surface area contributed by atoms with E-state index in [1.807, 2.05) is 0 Å². The maximum Gasteiger partial charge on any atom is 0.0856 e. The molecule has 0 saturated heterocycles. The summed E-state index contributed by atoms with van der Waals surface area (Å²) in [5.41, 5.74) is 0. The second-order valence-electron chi connectivity index (χ2n) is 8.78. The minimum atomic E-state index is 0.584. The van der Waals surface area contributed by atoms with Crippen LogP contribution in [0, 0.1) is 0 Å². The number of rotatable bonds is 20. The van der Waals surface area contributed by atoms with Crippen molar-refractivity contribution in [2.24, 2.45) is 4.99 Å². The van der Waals surface area contributed by atoms with Gasteiger partial charge in [-0.2, -0.15) is 0 Å². The van der Waals surface area contributed by atoms with Crippen molar-refractivity contribution in [2.45, 2.75) is 135 Å². The molecule has 1 rings (SSSR count). The SMILES string of the molecule is CCCCCCCCCCCCCCC=CC(CCCCCC)N1C=NCC1. The highest BCUT2D eigenvalue weighted by Crippen LogP contribution is 2.15. The van der Waals surface area contributed by atoms with Crippen molar-refractivity contribution in [1.29, 1.82) is 0 Å². The summed E-state index contributed by atoms with van der Waals surface area (Å²) in [4.78, 5) is 6.86. The molecule has 0 aromatic heterocycles. The minimum absolute atomic E-state index is 0.584. The van der Waals surface area contributed by atoms with Gasteiger partial charge in [0.25, 0.3) is 0 Å². The second-order valence-corrected chi connectivity index (χ2v) is 8.78. The van der Waals surface area contributed by atoms with Gasteiger partial charge in [-0.1, -0.05) is 122 Å². The van der Waals surface area contributed by atoms with Gasteiger partial charge in [0.15, 0.2) is 0 Å². The molecule has 2 heteroatoms. The normalized spacial score (nSPS) is 15.1.